The number of rotatable bonds is 5. The zero-order valence-electron chi connectivity index (χ0n) is 10.3. The Labute approximate surface area is 108 Å². The molecule has 1 nitrogen and oxygen atoms in total. The molecule has 0 bridgehead atoms. The van der Waals surface area contributed by atoms with Gasteiger partial charge in [0.15, 0.2) is 0 Å². The van der Waals surface area contributed by atoms with E-state index in [-0.39, 0.29) is 0 Å². The molecule has 2 aromatic carbocycles. The molecule has 2 rings (SSSR count). The van der Waals surface area contributed by atoms with Crippen LogP contribution in [0.4, 0.5) is 0 Å². The average molecular weight is 236 g/mol. The molecular formula is C17H16O. The van der Waals surface area contributed by atoms with Gasteiger partial charge in [0.25, 0.3) is 0 Å². The maximum absolute atomic E-state index is 10.4. The fraction of sp³-hybridized carbons (Fsp3) is 0.118. The average Bonchev–Trinajstić information content (AvgIpc) is 2.44. The van der Waals surface area contributed by atoms with Crippen LogP contribution in [0.25, 0.3) is 12.2 Å². The molecule has 0 saturated heterocycles. The summed E-state index contributed by atoms with van der Waals surface area (Å²) in [5, 5.41) is 0. The molecule has 0 aliphatic heterocycles. The van der Waals surface area contributed by atoms with E-state index in [1.54, 1.807) is 0 Å². The molecular weight excluding hydrogens is 220 g/mol. The van der Waals surface area contributed by atoms with Gasteiger partial charge in [-0.1, -0.05) is 66.7 Å². The molecule has 0 aromatic heterocycles. The number of hydrogen-bond donors (Lipinski definition) is 0. The van der Waals surface area contributed by atoms with Crippen LogP contribution in [-0.4, -0.2) is 6.29 Å². The summed E-state index contributed by atoms with van der Waals surface area (Å²) in [6.45, 7) is 0. The number of aldehydes is 1. The standard InChI is InChI=1S/C17H16O/c18-13-5-10-16-8-4-9-17(14-16)12-11-15-6-2-1-3-7-15/h1-4,6-9,11-14H,5,10H2. The minimum absolute atomic E-state index is 0.589. The first-order chi connectivity index (χ1) is 8.88. The Kier molecular flexibility index (Phi) is 4.48. The Bertz CT molecular complexity index is 526. The van der Waals surface area contributed by atoms with Crippen molar-refractivity contribution in [3.63, 3.8) is 0 Å². The van der Waals surface area contributed by atoms with Gasteiger partial charge < -0.3 is 4.79 Å². The van der Waals surface area contributed by atoms with Crippen LogP contribution in [0.1, 0.15) is 23.1 Å². The maximum atomic E-state index is 10.4. The summed E-state index contributed by atoms with van der Waals surface area (Å²) in [6.07, 6.45) is 6.56. The smallest absolute Gasteiger partial charge is 0.120 e. The van der Waals surface area contributed by atoms with E-state index in [2.05, 4.69) is 42.5 Å². The highest BCUT2D eigenvalue weighted by Gasteiger charge is 1.93. The van der Waals surface area contributed by atoms with Crippen LogP contribution in [0.5, 0.6) is 0 Å². The molecule has 1 heteroatoms. The predicted molar refractivity (Wildman–Crippen MR) is 76.2 cm³/mol. The molecule has 0 saturated carbocycles. The van der Waals surface area contributed by atoms with E-state index < -0.39 is 0 Å². The lowest BCUT2D eigenvalue weighted by Crippen LogP contribution is -1.86. The Morgan fingerprint density at radius 3 is 2.33 bits per heavy atom. The Balaban J connectivity index is 2.09. The van der Waals surface area contributed by atoms with Gasteiger partial charge in [0, 0.05) is 6.42 Å². The van der Waals surface area contributed by atoms with Crippen molar-refractivity contribution in [1.29, 1.82) is 0 Å². The van der Waals surface area contributed by atoms with Crippen LogP contribution in [0.3, 0.4) is 0 Å². The highest BCUT2D eigenvalue weighted by atomic mass is 16.1. The fourth-order valence-corrected chi connectivity index (χ4v) is 1.83. The third-order valence-electron chi connectivity index (χ3n) is 2.77. The Morgan fingerprint density at radius 2 is 1.56 bits per heavy atom. The van der Waals surface area contributed by atoms with E-state index >= 15 is 0 Å². The molecule has 18 heavy (non-hydrogen) atoms. The van der Waals surface area contributed by atoms with Crippen molar-refractivity contribution in [2.24, 2.45) is 0 Å². The van der Waals surface area contributed by atoms with Crippen molar-refractivity contribution < 1.29 is 4.79 Å². The largest absolute Gasteiger partial charge is 0.303 e. The van der Waals surface area contributed by atoms with Crippen LogP contribution in [-0.2, 0) is 11.2 Å². The normalized spacial score (nSPS) is 10.7. The minimum atomic E-state index is 0.589. The first kappa shape index (κ1) is 12.3. The molecule has 0 aliphatic rings. The Morgan fingerprint density at radius 1 is 0.833 bits per heavy atom. The molecule has 2 aromatic rings. The monoisotopic (exact) mass is 236 g/mol. The summed E-state index contributed by atoms with van der Waals surface area (Å²) in [5.74, 6) is 0. The van der Waals surface area contributed by atoms with Gasteiger partial charge in [-0.05, 0) is 23.1 Å². The van der Waals surface area contributed by atoms with Crippen LogP contribution in [0.2, 0.25) is 0 Å². The molecule has 0 radical (unpaired) electrons. The van der Waals surface area contributed by atoms with E-state index in [1.807, 2.05) is 24.3 Å². The number of carbonyl (C=O) groups is 1. The van der Waals surface area contributed by atoms with Gasteiger partial charge in [-0.25, -0.2) is 0 Å². The zero-order valence-corrected chi connectivity index (χ0v) is 10.3. The van der Waals surface area contributed by atoms with Gasteiger partial charge in [-0.2, -0.15) is 0 Å². The summed E-state index contributed by atoms with van der Waals surface area (Å²) in [7, 11) is 0. The van der Waals surface area contributed by atoms with Crippen LogP contribution in [0.15, 0.2) is 54.6 Å². The maximum Gasteiger partial charge on any atom is 0.120 e. The number of aryl methyl sites for hydroxylation is 1. The SMILES string of the molecule is O=CCCc1cccc(C=Cc2ccccc2)c1. The van der Waals surface area contributed by atoms with Gasteiger partial charge in [0.2, 0.25) is 0 Å². The molecule has 0 N–H and O–H groups in total. The van der Waals surface area contributed by atoms with Gasteiger partial charge in [0.05, 0.1) is 0 Å². The first-order valence-corrected chi connectivity index (χ1v) is 6.14. The van der Waals surface area contributed by atoms with Crippen LogP contribution in [0, 0.1) is 0 Å². The fourth-order valence-electron chi connectivity index (χ4n) is 1.83. The predicted octanol–water partition coefficient (Wildman–Crippen LogP) is 3.99. The van der Waals surface area contributed by atoms with Crippen molar-refractivity contribution in [1.82, 2.24) is 0 Å². The Hall–Kier alpha value is -2.15. The lowest BCUT2D eigenvalue weighted by molar-refractivity contribution is -0.107. The van der Waals surface area contributed by atoms with Gasteiger partial charge >= 0.3 is 0 Å². The van der Waals surface area contributed by atoms with E-state index in [0.717, 1.165) is 12.7 Å². The van der Waals surface area contributed by atoms with E-state index in [4.69, 9.17) is 0 Å². The third kappa shape index (κ3) is 3.70. The second-order valence-electron chi connectivity index (χ2n) is 4.19. The summed E-state index contributed by atoms with van der Waals surface area (Å²) < 4.78 is 0. The summed E-state index contributed by atoms with van der Waals surface area (Å²) >= 11 is 0. The summed E-state index contributed by atoms with van der Waals surface area (Å²) in [6, 6.07) is 18.5. The number of carbonyl (C=O) groups excluding carboxylic acids is 1. The first-order valence-electron chi connectivity index (χ1n) is 6.14. The zero-order chi connectivity index (χ0) is 12.6. The lowest BCUT2D eigenvalue weighted by atomic mass is 10.1. The van der Waals surface area contributed by atoms with Crippen LogP contribution < -0.4 is 0 Å². The van der Waals surface area contributed by atoms with Crippen molar-refractivity contribution in [3.8, 4) is 0 Å². The second-order valence-corrected chi connectivity index (χ2v) is 4.19. The second kappa shape index (κ2) is 6.55. The lowest BCUT2D eigenvalue weighted by Gasteiger charge is -2.00. The molecule has 0 unspecified atom stereocenters. The van der Waals surface area contributed by atoms with Crippen molar-refractivity contribution in [2.75, 3.05) is 0 Å². The van der Waals surface area contributed by atoms with E-state index in [9.17, 15) is 4.79 Å². The summed E-state index contributed by atoms with van der Waals surface area (Å²) in [5.41, 5.74) is 3.57. The molecule has 0 amide bonds. The molecule has 0 aliphatic carbocycles. The van der Waals surface area contributed by atoms with Crippen molar-refractivity contribution in [3.05, 3.63) is 71.3 Å². The quantitative estimate of drug-likeness (QED) is 0.566. The third-order valence-corrected chi connectivity index (χ3v) is 2.77. The van der Waals surface area contributed by atoms with E-state index in [0.29, 0.717) is 6.42 Å². The topological polar surface area (TPSA) is 17.1 Å². The molecule has 0 heterocycles. The molecule has 0 fully saturated rings. The van der Waals surface area contributed by atoms with Gasteiger partial charge in [-0.3, -0.25) is 0 Å². The minimum Gasteiger partial charge on any atom is -0.303 e. The highest BCUT2D eigenvalue weighted by molar-refractivity contribution is 5.69. The number of benzene rings is 2. The van der Waals surface area contributed by atoms with E-state index in [1.165, 1.54) is 16.7 Å². The molecule has 90 valence electrons. The van der Waals surface area contributed by atoms with Gasteiger partial charge in [-0.15, -0.1) is 0 Å². The van der Waals surface area contributed by atoms with Crippen molar-refractivity contribution in [2.45, 2.75) is 12.8 Å². The highest BCUT2D eigenvalue weighted by Crippen LogP contribution is 2.11. The molecule has 0 spiro atoms. The molecule has 0 atom stereocenters. The number of hydrogen-bond acceptors (Lipinski definition) is 1. The van der Waals surface area contributed by atoms with Gasteiger partial charge in [0.1, 0.15) is 6.29 Å². The summed E-state index contributed by atoms with van der Waals surface area (Å²) in [4.78, 5) is 10.4. The van der Waals surface area contributed by atoms with Crippen LogP contribution >= 0.6 is 0 Å². The van der Waals surface area contributed by atoms with Crippen molar-refractivity contribution >= 4 is 18.4 Å².